The molecule has 15 heavy (non-hydrogen) atoms. The van der Waals surface area contributed by atoms with E-state index in [1.54, 1.807) is 6.07 Å². The SMILES string of the molecule is O=C(O)C(CCCF)c1cccc(F)c1. The van der Waals surface area contributed by atoms with Gasteiger partial charge in [0.05, 0.1) is 12.6 Å². The molecule has 82 valence electrons. The number of carboxylic acid groups (broad SMARTS) is 1. The third kappa shape index (κ3) is 3.31. The van der Waals surface area contributed by atoms with Crippen molar-refractivity contribution in [2.45, 2.75) is 18.8 Å². The molecule has 0 heterocycles. The maximum absolute atomic E-state index is 12.8. The van der Waals surface area contributed by atoms with Crippen LogP contribution in [0.25, 0.3) is 0 Å². The highest BCUT2D eigenvalue weighted by atomic mass is 19.1. The van der Waals surface area contributed by atoms with Crippen molar-refractivity contribution in [3.63, 3.8) is 0 Å². The first-order valence-corrected chi connectivity index (χ1v) is 4.69. The average molecular weight is 214 g/mol. The summed E-state index contributed by atoms with van der Waals surface area (Å²) >= 11 is 0. The number of carboxylic acids is 1. The summed E-state index contributed by atoms with van der Waals surface area (Å²) in [7, 11) is 0. The fourth-order valence-electron chi connectivity index (χ4n) is 1.44. The first-order chi connectivity index (χ1) is 7.15. The van der Waals surface area contributed by atoms with Crippen molar-refractivity contribution in [2.24, 2.45) is 0 Å². The van der Waals surface area contributed by atoms with E-state index in [2.05, 4.69) is 0 Å². The molecule has 1 rings (SSSR count). The van der Waals surface area contributed by atoms with Crippen LogP contribution in [0.15, 0.2) is 24.3 Å². The Balaban J connectivity index is 2.84. The number of aliphatic carboxylic acids is 1. The Morgan fingerprint density at radius 1 is 1.47 bits per heavy atom. The minimum atomic E-state index is -1.05. The first-order valence-electron chi connectivity index (χ1n) is 4.69. The Morgan fingerprint density at radius 2 is 2.20 bits per heavy atom. The molecule has 0 aliphatic carbocycles. The zero-order valence-corrected chi connectivity index (χ0v) is 8.12. The first kappa shape index (κ1) is 11.6. The lowest BCUT2D eigenvalue weighted by atomic mass is 9.94. The maximum atomic E-state index is 12.8. The summed E-state index contributed by atoms with van der Waals surface area (Å²) in [6.45, 7) is -0.556. The molecule has 0 amide bonds. The normalized spacial score (nSPS) is 12.4. The van der Waals surface area contributed by atoms with Gasteiger partial charge >= 0.3 is 5.97 Å². The molecule has 0 fully saturated rings. The fraction of sp³-hybridized carbons (Fsp3) is 0.364. The van der Waals surface area contributed by atoms with Gasteiger partial charge in [-0.25, -0.2) is 4.39 Å². The Labute approximate surface area is 86.5 Å². The Hall–Kier alpha value is -1.45. The van der Waals surface area contributed by atoms with E-state index in [4.69, 9.17) is 5.11 Å². The Morgan fingerprint density at radius 3 is 2.73 bits per heavy atom. The van der Waals surface area contributed by atoms with Crippen molar-refractivity contribution in [1.29, 1.82) is 0 Å². The smallest absolute Gasteiger partial charge is 0.310 e. The highest BCUT2D eigenvalue weighted by Gasteiger charge is 2.19. The molecule has 1 N–H and O–H groups in total. The van der Waals surface area contributed by atoms with E-state index in [9.17, 15) is 13.6 Å². The molecule has 0 saturated carbocycles. The van der Waals surface area contributed by atoms with Crippen LogP contribution in [0, 0.1) is 5.82 Å². The molecule has 1 aromatic rings. The summed E-state index contributed by atoms with van der Waals surface area (Å²) in [6, 6.07) is 5.42. The lowest BCUT2D eigenvalue weighted by Crippen LogP contribution is -2.12. The summed E-state index contributed by atoms with van der Waals surface area (Å²) in [5.41, 5.74) is 0.385. The molecule has 0 aromatic heterocycles. The number of hydrogen-bond donors (Lipinski definition) is 1. The van der Waals surface area contributed by atoms with Crippen LogP contribution in [0.2, 0.25) is 0 Å². The third-order valence-electron chi connectivity index (χ3n) is 2.18. The van der Waals surface area contributed by atoms with Crippen LogP contribution in [0.3, 0.4) is 0 Å². The second-order valence-electron chi connectivity index (χ2n) is 3.28. The number of halogens is 2. The number of benzene rings is 1. The number of rotatable bonds is 5. The number of carbonyl (C=O) groups is 1. The average Bonchev–Trinajstić information content (AvgIpc) is 2.18. The molecule has 1 unspecified atom stereocenters. The van der Waals surface area contributed by atoms with Gasteiger partial charge in [0.2, 0.25) is 0 Å². The molecule has 0 spiro atoms. The van der Waals surface area contributed by atoms with Gasteiger partial charge in [-0.15, -0.1) is 0 Å². The van der Waals surface area contributed by atoms with Crippen LogP contribution in [-0.4, -0.2) is 17.8 Å². The third-order valence-corrected chi connectivity index (χ3v) is 2.18. The van der Waals surface area contributed by atoms with Gasteiger partial charge in [-0.2, -0.15) is 0 Å². The van der Waals surface area contributed by atoms with Gasteiger partial charge in [0, 0.05) is 0 Å². The largest absolute Gasteiger partial charge is 0.481 e. The van der Waals surface area contributed by atoms with Gasteiger partial charge in [-0.05, 0) is 30.5 Å². The maximum Gasteiger partial charge on any atom is 0.310 e. The van der Waals surface area contributed by atoms with Gasteiger partial charge in [-0.1, -0.05) is 12.1 Å². The van der Waals surface area contributed by atoms with Crippen molar-refractivity contribution in [1.82, 2.24) is 0 Å². The van der Waals surface area contributed by atoms with Gasteiger partial charge in [0.1, 0.15) is 5.82 Å². The van der Waals surface area contributed by atoms with Crippen LogP contribution in [0.4, 0.5) is 8.78 Å². The highest BCUT2D eigenvalue weighted by molar-refractivity contribution is 5.75. The van der Waals surface area contributed by atoms with Gasteiger partial charge < -0.3 is 5.11 Å². The second-order valence-corrected chi connectivity index (χ2v) is 3.28. The summed E-state index contributed by atoms with van der Waals surface area (Å²) in [5, 5.41) is 8.90. The Bertz CT molecular complexity index is 339. The van der Waals surface area contributed by atoms with Gasteiger partial charge in [-0.3, -0.25) is 9.18 Å². The van der Waals surface area contributed by atoms with Crippen molar-refractivity contribution < 1.29 is 18.7 Å². The predicted molar refractivity (Wildman–Crippen MR) is 52.0 cm³/mol. The number of hydrogen-bond acceptors (Lipinski definition) is 1. The molecule has 0 radical (unpaired) electrons. The lowest BCUT2D eigenvalue weighted by Gasteiger charge is -2.11. The van der Waals surface area contributed by atoms with Crippen molar-refractivity contribution in [2.75, 3.05) is 6.67 Å². The second kappa shape index (κ2) is 5.44. The summed E-state index contributed by atoms with van der Waals surface area (Å²) in [5.74, 6) is -2.34. The van der Waals surface area contributed by atoms with Crippen molar-refractivity contribution in [3.8, 4) is 0 Å². The molecule has 1 aromatic carbocycles. The predicted octanol–water partition coefficient (Wildman–Crippen LogP) is 2.74. The zero-order valence-electron chi connectivity index (χ0n) is 8.12. The minimum Gasteiger partial charge on any atom is -0.481 e. The number of alkyl halides is 1. The fourth-order valence-corrected chi connectivity index (χ4v) is 1.44. The van der Waals surface area contributed by atoms with Crippen molar-refractivity contribution in [3.05, 3.63) is 35.6 Å². The molecular weight excluding hydrogens is 202 g/mol. The monoisotopic (exact) mass is 214 g/mol. The topological polar surface area (TPSA) is 37.3 Å². The molecule has 0 saturated heterocycles. The summed E-state index contributed by atoms with van der Waals surface area (Å²) in [4.78, 5) is 10.9. The molecule has 0 aliphatic heterocycles. The molecule has 0 aliphatic rings. The molecule has 4 heteroatoms. The van der Waals surface area contributed by atoms with E-state index in [-0.39, 0.29) is 12.8 Å². The van der Waals surface area contributed by atoms with E-state index in [0.29, 0.717) is 5.56 Å². The zero-order chi connectivity index (χ0) is 11.3. The standard InChI is InChI=1S/C11H12F2O2/c12-6-2-5-10(11(14)15)8-3-1-4-9(13)7-8/h1,3-4,7,10H,2,5-6H2,(H,14,15). The van der Waals surface area contributed by atoms with Crippen LogP contribution >= 0.6 is 0 Å². The van der Waals surface area contributed by atoms with Crippen molar-refractivity contribution >= 4 is 5.97 Å². The van der Waals surface area contributed by atoms with E-state index in [1.165, 1.54) is 18.2 Å². The van der Waals surface area contributed by atoms with E-state index < -0.39 is 24.4 Å². The van der Waals surface area contributed by atoms with Crippen LogP contribution in [0.1, 0.15) is 24.3 Å². The summed E-state index contributed by atoms with van der Waals surface area (Å²) < 4.78 is 24.8. The van der Waals surface area contributed by atoms with E-state index >= 15 is 0 Å². The van der Waals surface area contributed by atoms with E-state index in [0.717, 1.165) is 0 Å². The summed E-state index contributed by atoms with van der Waals surface area (Å²) in [6.07, 6.45) is 0.364. The van der Waals surface area contributed by atoms with Crippen LogP contribution in [-0.2, 0) is 4.79 Å². The highest BCUT2D eigenvalue weighted by Crippen LogP contribution is 2.22. The molecule has 1 atom stereocenters. The van der Waals surface area contributed by atoms with E-state index in [1.807, 2.05) is 0 Å². The molecule has 2 nitrogen and oxygen atoms in total. The van der Waals surface area contributed by atoms with Crippen LogP contribution < -0.4 is 0 Å². The minimum absolute atomic E-state index is 0.174. The van der Waals surface area contributed by atoms with Gasteiger partial charge in [0.25, 0.3) is 0 Å². The Kier molecular flexibility index (Phi) is 4.21. The van der Waals surface area contributed by atoms with Crippen LogP contribution in [0.5, 0.6) is 0 Å². The van der Waals surface area contributed by atoms with Gasteiger partial charge in [0.15, 0.2) is 0 Å². The lowest BCUT2D eigenvalue weighted by molar-refractivity contribution is -0.139. The molecule has 0 bridgehead atoms. The quantitative estimate of drug-likeness (QED) is 0.818. The molecular formula is C11H12F2O2.